The van der Waals surface area contributed by atoms with E-state index in [-0.39, 0.29) is 5.91 Å². The summed E-state index contributed by atoms with van der Waals surface area (Å²) in [7, 11) is 0. The van der Waals surface area contributed by atoms with Crippen molar-refractivity contribution in [2.75, 3.05) is 42.3 Å². The van der Waals surface area contributed by atoms with E-state index in [1.807, 2.05) is 12.1 Å². The zero-order chi connectivity index (χ0) is 19.9. The molecule has 1 aliphatic heterocycles. The van der Waals surface area contributed by atoms with Gasteiger partial charge in [-0.3, -0.25) is 9.36 Å². The molecule has 0 aliphatic carbocycles. The molecule has 0 spiro atoms. The van der Waals surface area contributed by atoms with Crippen molar-refractivity contribution >= 4 is 29.3 Å². The van der Waals surface area contributed by atoms with Gasteiger partial charge >= 0.3 is 0 Å². The fraction of sp³-hybridized carbons (Fsp3) is 0.550. The van der Waals surface area contributed by atoms with E-state index in [4.69, 9.17) is 4.74 Å². The lowest BCUT2D eigenvalue weighted by Crippen LogP contribution is -2.38. The van der Waals surface area contributed by atoms with Crippen molar-refractivity contribution in [3.63, 3.8) is 0 Å². The number of carbonyl (C=O) groups is 1. The Labute approximate surface area is 170 Å². The lowest BCUT2D eigenvalue weighted by Gasteiger charge is -2.27. The average Bonchev–Trinajstić information content (AvgIpc) is 3.16. The average molecular weight is 404 g/mol. The fourth-order valence-corrected chi connectivity index (χ4v) is 3.92. The number of nitrogens with zero attached hydrogens (tertiary/aromatic N) is 4. The second-order valence-corrected chi connectivity index (χ2v) is 7.84. The molecule has 1 amide bonds. The molecule has 2 heterocycles. The summed E-state index contributed by atoms with van der Waals surface area (Å²) >= 11 is 1.41. The molecule has 0 radical (unpaired) electrons. The summed E-state index contributed by atoms with van der Waals surface area (Å²) < 4.78 is 7.47. The van der Waals surface area contributed by atoms with Gasteiger partial charge in [0.15, 0.2) is 5.16 Å². The van der Waals surface area contributed by atoms with Crippen molar-refractivity contribution in [2.45, 2.75) is 44.8 Å². The van der Waals surface area contributed by atoms with Gasteiger partial charge in [0.25, 0.3) is 0 Å². The van der Waals surface area contributed by atoms with Crippen LogP contribution >= 0.6 is 11.8 Å². The van der Waals surface area contributed by atoms with E-state index in [1.165, 1.54) is 17.3 Å². The zero-order valence-corrected chi connectivity index (χ0v) is 17.7. The maximum atomic E-state index is 12.4. The normalized spacial score (nSPS) is 15.5. The number of nitrogens with one attached hydrogen (secondary N) is 1. The number of morpholine rings is 1. The summed E-state index contributed by atoms with van der Waals surface area (Å²) in [5.74, 6) is 1.64. The number of aromatic nitrogens is 3. The molecule has 1 fully saturated rings. The molecule has 2 aromatic rings. The lowest BCUT2D eigenvalue weighted by molar-refractivity contribution is -0.113. The van der Waals surface area contributed by atoms with Crippen LogP contribution in [0.25, 0.3) is 0 Å². The number of ether oxygens (including phenoxy) is 1. The van der Waals surface area contributed by atoms with E-state index >= 15 is 0 Å². The summed E-state index contributed by atoms with van der Waals surface area (Å²) in [6, 6.07) is 8.10. The van der Waals surface area contributed by atoms with Crippen LogP contribution in [0.3, 0.4) is 0 Å². The number of carbonyl (C=O) groups excluding carboxylic acids is 1. The number of amides is 1. The molecular formula is C20H29N5O2S. The van der Waals surface area contributed by atoms with E-state index < -0.39 is 0 Å². The molecule has 1 aromatic heterocycles. The second kappa shape index (κ2) is 9.93. The number of anilines is 2. The highest BCUT2D eigenvalue weighted by Crippen LogP contribution is 2.24. The van der Waals surface area contributed by atoms with Gasteiger partial charge in [0.05, 0.1) is 19.0 Å². The maximum absolute atomic E-state index is 12.4. The number of hydrogen-bond donors (Lipinski definition) is 1. The van der Waals surface area contributed by atoms with Crippen molar-refractivity contribution in [3.8, 4) is 0 Å². The Kier molecular flexibility index (Phi) is 7.33. The van der Waals surface area contributed by atoms with Crippen LogP contribution in [0.1, 0.15) is 38.7 Å². The van der Waals surface area contributed by atoms with Gasteiger partial charge in [-0.25, -0.2) is 0 Å². The van der Waals surface area contributed by atoms with Gasteiger partial charge in [0, 0.05) is 25.3 Å². The van der Waals surface area contributed by atoms with Crippen LogP contribution < -0.4 is 10.2 Å². The Bertz CT molecular complexity index is 771. The molecular weight excluding hydrogens is 374 g/mol. The van der Waals surface area contributed by atoms with Crippen LogP contribution in [-0.2, 0) is 16.1 Å². The first-order valence-electron chi connectivity index (χ1n) is 9.90. The van der Waals surface area contributed by atoms with Crippen LogP contribution in [-0.4, -0.2) is 52.7 Å². The highest BCUT2D eigenvalue weighted by atomic mass is 32.2. The zero-order valence-electron chi connectivity index (χ0n) is 16.9. The van der Waals surface area contributed by atoms with Crippen molar-refractivity contribution in [2.24, 2.45) is 0 Å². The van der Waals surface area contributed by atoms with Gasteiger partial charge in [0.1, 0.15) is 0 Å². The lowest BCUT2D eigenvalue weighted by atomic mass is 9.99. The number of hydrogen-bond acceptors (Lipinski definition) is 6. The minimum absolute atomic E-state index is 0.0418. The molecule has 28 heavy (non-hydrogen) atoms. The molecule has 1 N–H and O–H groups in total. The summed E-state index contributed by atoms with van der Waals surface area (Å²) in [6.45, 7) is 10.3. The predicted octanol–water partition coefficient (Wildman–Crippen LogP) is 3.38. The van der Waals surface area contributed by atoms with Gasteiger partial charge in [0.2, 0.25) is 11.9 Å². The van der Waals surface area contributed by atoms with Crippen LogP contribution in [0.5, 0.6) is 0 Å². The molecule has 152 valence electrons. The Hall–Kier alpha value is -2.06. The molecule has 1 atom stereocenters. The molecule has 1 aliphatic rings. The minimum atomic E-state index is -0.0418. The van der Waals surface area contributed by atoms with E-state index in [1.54, 1.807) is 0 Å². The largest absolute Gasteiger partial charge is 0.378 e. The van der Waals surface area contributed by atoms with Crippen LogP contribution in [0.4, 0.5) is 11.6 Å². The van der Waals surface area contributed by atoms with Crippen LogP contribution in [0.15, 0.2) is 29.4 Å². The number of rotatable bonds is 8. The first-order chi connectivity index (χ1) is 13.6. The topological polar surface area (TPSA) is 72.3 Å². The fourth-order valence-electron chi connectivity index (χ4n) is 3.12. The number of thioether (sulfide) groups is 1. The molecule has 3 rings (SSSR count). The SMILES string of the molecule is CC[C@H](C)c1ccc(NC(=O)CSc2nnc(N3CCOCC3)n2CC)cc1. The van der Waals surface area contributed by atoms with E-state index in [9.17, 15) is 4.79 Å². The molecule has 0 saturated carbocycles. The predicted molar refractivity (Wildman–Crippen MR) is 113 cm³/mol. The van der Waals surface area contributed by atoms with Gasteiger partial charge in [-0.2, -0.15) is 0 Å². The van der Waals surface area contributed by atoms with Crippen molar-refractivity contribution in [3.05, 3.63) is 29.8 Å². The van der Waals surface area contributed by atoms with Crippen molar-refractivity contribution in [1.29, 1.82) is 0 Å². The first-order valence-corrected chi connectivity index (χ1v) is 10.9. The standard InChI is InChI=1S/C20H29N5O2S/c1-4-15(3)16-6-8-17(9-7-16)21-18(26)14-28-20-23-22-19(25(20)5-2)24-10-12-27-13-11-24/h6-9,15H,4-5,10-14H2,1-3H3,(H,21,26)/t15-/m0/s1. The highest BCUT2D eigenvalue weighted by Gasteiger charge is 2.20. The van der Waals surface area contributed by atoms with E-state index in [0.717, 1.165) is 42.8 Å². The van der Waals surface area contributed by atoms with Gasteiger partial charge < -0.3 is 15.0 Å². The molecule has 0 bridgehead atoms. The third-order valence-corrected chi connectivity index (χ3v) is 5.98. The maximum Gasteiger partial charge on any atom is 0.234 e. The number of benzene rings is 1. The Morgan fingerprint density at radius 3 is 2.57 bits per heavy atom. The third-order valence-electron chi connectivity index (χ3n) is 5.02. The Balaban J connectivity index is 1.56. The summed E-state index contributed by atoms with van der Waals surface area (Å²) in [4.78, 5) is 14.5. The molecule has 1 saturated heterocycles. The summed E-state index contributed by atoms with van der Waals surface area (Å²) in [6.07, 6.45) is 1.10. The Morgan fingerprint density at radius 1 is 1.21 bits per heavy atom. The smallest absolute Gasteiger partial charge is 0.234 e. The van der Waals surface area contributed by atoms with Gasteiger partial charge in [-0.05, 0) is 37.0 Å². The van der Waals surface area contributed by atoms with Crippen molar-refractivity contribution in [1.82, 2.24) is 14.8 Å². The molecule has 7 nitrogen and oxygen atoms in total. The van der Waals surface area contributed by atoms with Gasteiger partial charge in [-0.1, -0.05) is 37.7 Å². The van der Waals surface area contributed by atoms with Crippen LogP contribution in [0.2, 0.25) is 0 Å². The Morgan fingerprint density at radius 2 is 1.93 bits per heavy atom. The monoisotopic (exact) mass is 403 g/mol. The molecule has 0 unspecified atom stereocenters. The van der Waals surface area contributed by atoms with E-state index in [0.29, 0.717) is 24.9 Å². The van der Waals surface area contributed by atoms with Gasteiger partial charge in [-0.15, -0.1) is 10.2 Å². The van der Waals surface area contributed by atoms with Crippen molar-refractivity contribution < 1.29 is 9.53 Å². The van der Waals surface area contributed by atoms with E-state index in [2.05, 4.69) is 57.9 Å². The van der Waals surface area contributed by atoms with Crippen LogP contribution in [0, 0.1) is 0 Å². The highest BCUT2D eigenvalue weighted by molar-refractivity contribution is 7.99. The summed E-state index contributed by atoms with van der Waals surface area (Å²) in [5, 5.41) is 12.4. The third kappa shape index (κ3) is 5.05. The quantitative estimate of drug-likeness (QED) is 0.681. The minimum Gasteiger partial charge on any atom is -0.378 e. The molecule has 8 heteroatoms. The second-order valence-electron chi connectivity index (χ2n) is 6.89. The molecule has 1 aromatic carbocycles. The summed E-state index contributed by atoms with van der Waals surface area (Å²) in [5.41, 5.74) is 2.12. The first kappa shape index (κ1) is 20.7.